The van der Waals surface area contributed by atoms with Crippen molar-refractivity contribution in [2.24, 2.45) is 0 Å². The van der Waals surface area contributed by atoms with Crippen LogP contribution >= 0.6 is 0 Å². The largest absolute Gasteiger partial charge is 0.450 e. The van der Waals surface area contributed by atoms with Gasteiger partial charge in [-0.15, -0.1) is 0 Å². The van der Waals surface area contributed by atoms with Gasteiger partial charge >= 0.3 is 6.18 Å². The molecule has 0 saturated heterocycles. The van der Waals surface area contributed by atoms with E-state index in [-0.39, 0.29) is 0 Å². The molecule has 0 saturated carbocycles. The van der Waals surface area contributed by atoms with Gasteiger partial charge in [-0.05, 0) is 12.1 Å². The molecule has 1 aromatic carbocycles. The van der Waals surface area contributed by atoms with Gasteiger partial charge in [-0.2, -0.15) is 18.3 Å². The Bertz CT molecular complexity index is 633. The van der Waals surface area contributed by atoms with E-state index in [0.717, 1.165) is 0 Å². The average Bonchev–Trinajstić information content (AvgIpc) is 2.76. The molecule has 0 aliphatic carbocycles. The fourth-order valence-electron chi connectivity index (χ4n) is 1.52. The van der Waals surface area contributed by atoms with Crippen molar-refractivity contribution >= 4 is 28.3 Å². The molecule has 2 aromatic rings. The number of H-pyrrole nitrogens is 1. The number of nitrogens with one attached hydrogen (secondary N) is 2. The third kappa shape index (κ3) is 2.90. The number of aromatic nitrogens is 2. The Morgan fingerprint density at radius 3 is 2.74 bits per heavy atom. The highest BCUT2D eigenvalue weighted by atomic mass is 19.4. The monoisotopic (exact) mass is 271 g/mol. The van der Waals surface area contributed by atoms with Crippen LogP contribution in [0.4, 0.5) is 18.9 Å². The lowest BCUT2D eigenvalue weighted by atomic mass is 10.2. The molecule has 19 heavy (non-hydrogen) atoms. The zero-order valence-electron chi connectivity index (χ0n) is 9.41. The Kier molecular flexibility index (Phi) is 3.24. The topological polar surface area (TPSA) is 74.8 Å². The number of alkyl halides is 3. The third-order valence-electron chi connectivity index (χ3n) is 2.40. The van der Waals surface area contributed by atoms with Crippen LogP contribution in [-0.2, 0) is 9.59 Å². The Hall–Kier alpha value is -2.38. The van der Waals surface area contributed by atoms with Gasteiger partial charge < -0.3 is 5.32 Å². The van der Waals surface area contributed by atoms with Gasteiger partial charge in [-0.25, -0.2) is 0 Å². The summed E-state index contributed by atoms with van der Waals surface area (Å²) < 4.78 is 36.0. The predicted octanol–water partition coefficient (Wildman–Crippen LogP) is 2.02. The van der Waals surface area contributed by atoms with Gasteiger partial charge in [-0.1, -0.05) is 6.07 Å². The van der Waals surface area contributed by atoms with Crippen molar-refractivity contribution in [3.8, 4) is 0 Å². The molecule has 1 amide bonds. The predicted molar refractivity (Wildman–Crippen MR) is 60.4 cm³/mol. The van der Waals surface area contributed by atoms with E-state index in [2.05, 4.69) is 15.5 Å². The number of ketones is 1. The van der Waals surface area contributed by atoms with Crippen molar-refractivity contribution in [1.29, 1.82) is 0 Å². The van der Waals surface area contributed by atoms with Crippen LogP contribution < -0.4 is 5.32 Å². The average molecular weight is 271 g/mol. The quantitative estimate of drug-likeness (QED) is 0.839. The van der Waals surface area contributed by atoms with Crippen LogP contribution in [0.2, 0.25) is 0 Å². The van der Waals surface area contributed by atoms with Crippen molar-refractivity contribution in [1.82, 2.24) is 10.2 Å². The van der Waals surface area contributed by atoms with E-state index in [1.807, 2.05) is 0 Å². The molecule has 0 aliphatic heterocycles. The highest BCUT2D eigenvalue weighted by molar-refractivity contribution is 6.09. The summed E-state index contributed by atoms with van der Waals surface area (Å²) in [5.74, 6) is -3.10. The van der Waals surface area contributed by atoms with E-state index in [4.69, 9.17) is 0 Å². The van der Waals surface area contributed by atoms with Crippen LogP contribution in [-0.4, -0.2) is 28.1 Å². The molecule has 2 rings (SSSR count). The van der Waals surface area contributed by atoms with E-state index < -0.39 is 24.3 Å². The second-order valence-corrected chi connectivity index (χ2v) is 3.78. The van der Waals surface area contributed by atoms with Crippen molar-refractivity contribution in [2.75, 3.05) is 5.32 Å². The molecule has 0 unspecified atom stereocenters. The third-order valence-corrected chi connectivity index (χ3v) is 2.40. The van der Waals surface area contributed by atoms with E-state index in [1.54, 1.807) is 12.1 Å². The van der Waals surface area contributed by atoms with Gasteiger partial charge in [0.25, 0.3) is 0 Å². The molecular formula is C11H8F3N3O2. The molecule has 1 heterocycles. The fourth-order valence-corrected chi connectivity index (χ4v) is 1.52. The summed E-state index contributed by atoms with van der Waals surface area (Å²) in [6.45, 7) is 0. The van der Waals surface area contributed by atoms with Crippen LogP contribution in [0.3, 0.4) is 0 Å². The molecule has 0 radical (unpaired) electrons. The first-order valence-corrected chi connectivity index (χ1v) is 5.20. The summed E-state index contributed by atoms with van der Waals surface area (Å²) in [6.07, 6.45) is -4.81. The van der Waals surface area contributed by atoms with E-state index in [0.29, 0.717) is 16.6 Å². The van der Waals surface area contributed by atoms with Gasteiger partial charge in [0, 0.05) is 5.39 Å². The minimum absolute atomic E-state index is 0.297. The van der Waals surface area contributed by atoms with E-state index >= 15 is 0 Å². The fraction of sp³-hybridized carbons (Fsp3) is 0.182. The number of hydrogen-bond acceptors (Lipinski definition) is 3. The van der Waals surface area contributed by atoms with Crippen molar-refractivity contribution in [3.05, 3.63) is 24.4 Å². The lowest BCUT2D eigenvalue weighted by Crippen LogP contribution is -2.27. The first kappa shape index (κ1) is 13.1. The lowest BCUT2D eigenvalue weighted by Gasteiger charge is -2.07. The minimum atomic E-state index is -5.00. The zero-order chi connectivity index (χ0) is 14.0. The standard InChI is InChI=1S/C11H8F3N3O2/c12-11(13,14)9(18)4-10(19)16-7-2-1-3-8-6(7)5-15-17-8/h1-3,5H,4H2,(H,15,17)(H,16,19). The SMILES string of the molecule is O=C(CC(=O)C(F)(F)F)Nc1cccc2[nH]ncc12. The minimum Gasteiger partial charge on any atom is -0.325 e. The summed E-state index contributed by atoms with van der Waals surface area (Å²) in [6, 6.07) is 4.80. The number of amides is 1. The summed E-state index contributed by atoms with van der Waals surface area (Å²) in [4.78, 5) is 22.0. The first-order valence-electron chi connectivity index (χ1n) is 5.20. The molecule has 8 heteroatoms. The molecule has 0 spiro atoms. The smallest absolute Gasteiger partial charge is 0.325 e. The summed E-state index contributed by atoms with van der Waals surface area (Å²) in [5, 5.41) is 9.20. The Morgan fingerprint density at radius 1 is 1.32 bits per heavy atom. The number of nitrogens with zero attached hydrogens (tertiary/aromatic N) is 1. The van der Waals surface area contributed by atoms with Crippen molar-refractivity contribution in [3.63, 3.8) is 0 Å². The number of benzene rings is 1. The molecule has 5 nitrogen and oxygen atoms in total. The van der Waals surface area contributed by atoms with Crippen LogP contribution in [0.25, 0.3) is 10.9 Å². The molecule has 0 aliphatic rings. The number of anilines is 1. The summed E-state index contributed by atoms with van der Waals surface area (Å²) in [5.41, 5.74) is 0.922. The molecule has 0 fully saturated rings. The number of carbonyl (C=O) groups is 2. The van der Waals surface area contributed by atoms with Crippen molar-refractivity contribution in [2.45, 2.75) is 12.6 Å². The highest BCUT2D eigenvalue weighted by Gasteiger charge is 2.39. The Labute approximate surface area is 104 Å². The first-order chi connectivity index (χ1) is 8.88. The van der Waals surface area contributed by atoms with E-state index in [9.17, 15) is 22.8 Å². The lowest BCUT2D eigenvalue weighted by molar-refractivity contribution is -0.171. The maximum Gasteiger partial charge on any atom is 0.450 e. The van der Waals surface area contributed by atoms with E-state index in [1.165, 1.54) is 12.3 Å². The zero-order valence-corrected chi connectivity index (χ0v) is 9.41. The molecule has 0 bridgehead atoms. The van der Waals surface area contributed by atoms with Crippen LogP contribution in [0.1, 0.15) is 6.42 Å². The van der Waals surface area contributed by atoms with Gasteiger partial charge in [0.1, 0.15) is 0 Å². The van der Waals surface area contributed by atoms with Crippen LogP contribution in [0.15, 0.2) is 24.4 Å². The molecule has 100 valence electrons. The second-order valence-electron chi connectivity index (χ2n) is 3.78. The number of Topliss-reactive ketones (excluding diaryl/α,β-unsaturated/α-hetero) is 1. The second kappa shape index (κ2) is 4.71. The molecule has 2 N–H and O–H groups in total. The number of fused-ring (bicyclic) bond motifs is 1. The van der Waals surface area contributed by atoms with Gasteiger partial charge in [0.15, 0.2) is 0 Å². The van der Waals surface area contributed by atoms with Crippen LogP contribution in [0.5, 0.6) is 0 Å². The maximum absolute atomic E-state index is 12.0. The molecular weight excluding hydrogens is 263 g/mol. The summed E-state index contributed by atoms with van der Waals surface area (Å²) >= 11 is 0. The van der Waals surface area contributed by atoms with Gasteiger partial charge in [0.05, 0.1) is 23.8 Å². The molecule has 1 aromatic heterocycles. The Morgan fingerprint density at radius 2 is 2.05 bits per heavy atom. The maximum atomic E-state index is 12.0. The number of aromatic amines is 1. The van der Waals surface area contributed by atoms with Gasteiger partial charge in [-0.3, -0.25) is 14.7 Å². The Balaban J connectivity index is 2.11. The van der Waals surface area contributed by atoms with Crippen LogP contribution in [0, 0.1) is 0 Å². The number of halogens is 3. The highest BCUT2D eigenvalue weighted by Crippen LogP contribution is 2.22. The normalized spacial score (nSPS) is 11.5. The summed E-state index contributed by atoms with van der Waals surface area (Å²) in [7, 11) is 0. The number of rotatable bonds is 3. The van der Waals surface area contributed by atoms with Crippen molar-refractivity contribution < 1.29 is 22.8 Å². The molecule has 0 atom stereocenters. The number of carbonyl (C=O) groups excluding carboxylic acids is 2. The van der Waals surface area contributed by atoms with Gasteiger partial charge in [0.2, 0.25) is 11.7 Å². The number of hydrogen-bond donors (Lipinski definition) is 2.